The number of hydrogen-bond acceptors (Lipinski definition) is 5. The maximum Gasteiger partial charge on any atom is 0.328 e. The maximum atomic E-state index is 11.7. The van der Waals surface area contributed by atoms with Crippen LogP contribution >= 0.6 is 0 Å². The first-order valence-electron chi connectivity index (χ1n) is 7.72. The summed E-state index contributed by atoms with van der Waals surface area (Å²) < 4.78 is 5.81. The molecule has 2 N–H and O–H groups in total. The highest BCUT2D eigenvalue weighted by Crippen LogP contribution is 2.12. The van der Waals surface area contributed by atoms with Gasteiger partial charge in [0.05, 0.1) is 0 Å². The van der Waals surface area contributed by atoms with Gasteiger partial charge in [-0.05, 0) is 11.5 Å². The van der Waals surface area contributed by atoms with Crippen molar-refractivity contribution < 1.29 is 14.3 Å². The van der Waals surface area contributed by atoms with Crippen molar-refractivity contribution in [2.24, 2.45) is 0 Å². The molecule has 132 valence electrons. The smallest absolute Gasteiger partial charge is 0.328 e. The lowest BCUT2D eigenvalue weighted by molar-refractivity contribution is -0.149. The third-order valence-corrected chi connectivity index (χ3v) is 3.53. The molecule has 8 nitrogen and oxygen atoms in total. The average Bonchev–Trinajstić information content (AvgIpc) is 2.61. The van der Waals surface area contributed by atoms with E-state index in [0.29, 0.717) is 6.54 Å². The predicted octanol–water partition coefficient (Wildman–Crippen LogP) is -0.000300. The fraction of sp³-hybridized carbons (Fsp3) is 0.294. The maximum absolute atomic E-state index is 11.7. The van der Waals surface area contributed by atoms with Crippen LogP contribution < -0.4 is 16.6 Å². The van der Waals surface area contributed by atoms with E-state index in [-0.39, 0.29) is 12.5 Å². The first-order valence-corrected chi connectivity index (χ1v) is 7.72. The van der Waals surface area contributed by atoms with Crippen molar-refractivity contribution in [1.29, 1.82) is 0 Å². The molecule has 1 aromatic heterocycles. The number of aromatic amines is 1. The van der Waals surface area contributed by atoms with Gasteiger partial charge in [0, 0.05) is 18.8 Å². The van der Waals surface area contributed by atoms with Gasteiger partial charge >= 0.3 is 11.7 Å². The summed E-state index contributed by atoms with van der Waals surface area (Å²) in [6, 6.07) is 10.8. The molecule has 0 unspecified atom stereocenters. The number of aromatic nitrogens is 2. The standard InChI is InChI=1S/C17H19N3O5/c1-12(13-5-3-2-4-6-13)9-18-15(22)11-25-16(23)10-20-8-7-14(21)19-17(20)24/h2-8,12H,9-11H2,1H3,(H,18,22)(H,19,21,24)/t12-/m1/s1. The molecule has 0 bridgehead atoms. The summed E-state index contributed by atoms with van der Waals surface area (Å²) in [4.78, 5) is 47.8. The van der Waals surface area contributed by atoms with E-state index in [1.54, 1.807) is 0 Å². The van der Waals surface area contributed by atoms with Crippen LogP contribution in [0.3, 0.4) is 0 Å². The number of amides is 1. The fourth-order valence-corrected chi connectivity index (χ4v) is 2.12. The largest absolute Gasteiger partial charge is 0.454 e. The Balaban J connectivity index is 1.75. The van der Waals surface area contributed by atoms with Crippen LogP contribution in [0.15, 0.2) is 52.2 Å². The van der Waals surface area contributed by atoms with Crippen molar-refractivity contribution in [3.05, 3.63) is 69.0 Å². The SMILES string of the molecule is C[C@H](CNC(=O)COC(=O)Cn1ccc(=O)[nH]c1=O)c1ccccc1. The molecule has 0 spiro atoms. The van der Waals surface area contributed by atoms with Gasteiger partial charge in [0.1, 0.15) is 6.54 Å². The number of nitrogens with zero attached hydrogens (tertiary/aromatic N) is 1. The Morgan fingerprint density at radius 2 is 1.92 bits per heavy atom. The van der Waals surface area contributed by atoms with E-state index >= 15 is 0 Å². The van der Waals surface area contributed by atoms with Gasteiger partial charge in [-0.2, -0.15) is 0 Å². The third-order valence-electron chi connectivity index (χ3n) is 3.53. The Labute approximate surface area is 143 Å². The van der Waals surface area contributed by atoms with Crippen LogP contribution in [0.25, 0.3) is 0 Å². The highest BCUT2D eigenvalue weighted by Gasteiger charge is 2.11. The lowest BCUT2D eigenvalue weighted by atomic mass is 10.0. The highest BCUT2D eigenvalue weighted by molar-refractivity contribution is 5.80. The first kappa shape index (κ1) is 18.2. The second kappa shape index (κ2) is 8.62. The number of H-pyrrole nitrogens is 1. The normalized spacial score (nSPS) is 11.6. The molecular weight excluding hydrogens is 326 g/mol. The molecule has 1 aromatic carbocycles. The number of benzene rings is 1. The molecule has 2 rings (SSSR count). The van der Waals surface area contributed by atoms with Crippen molar-refractivity contribution in [3.8, 4) is 0 Å². The van der Waals surface area contributed by atoms with Crippen molar-refractivity contribution in [3.63, 3.8) is 0 Å². The van der Waals surface area contributed by atoms with E-state index in [1.807, 2.05) is 42.2 Å². The Hall–Kier alpha value is -3.16. The van der Waals surface area contributed by atoms with E-state index in [0.717, 1.165) is 16.2 Å². The Bertz CT molecular complexity index is 841. The number of carbonyl (C=O) groups is 2. The number of hydrogen-bond donors (Lipinski definition) is 2. The summed E-state index contributed by atoms with van der Waals surface area (Å²) in [5.74, 6) is -1.05. The molecule has 2 aromatic rings. The molecule has 1 atom stereocenters. The fourth-order valence-electron chi connectivity index (χ4n) is 2.12. The lowest BCUT2D eigenvalue weighted by Crippen LogP contribution is -2.34. The molecule has 25 heavy (non-hydrogen) atoms. The van der Waals surface area contributed by atoms with Gasteiger partial charge in [-0.25, -0.2) is 4.79 Å². The quantitative estimate of drug-likeness (QED) is 0.686. The van der Waals surface area contributed by atoms with Crippen molar-refractivity contribution in [1.82, 2.24) is 14.9 Å². The summed E-state index contributed by atoms with van der Waals surface area (Å²) in [7, 11) is 0. The molecule has 8 heteroatoms. The molecule has 0 saturated carbocycles. The van der Waals surface area contributed by atoms with E-state index in [9.17, 15) is 19.2 Å². The summed E-state index contributed by atoms with van der Waals surface area (Å²) in [5, 5.41) is 2.69. The minimum atomic E-state index is -0.750. The number of ether oxygens (including phenoxy) is 1. The minimum Gasteiger partial charge on any atom is -0.454 e. The van der Waals surface area contributed by atoms with Gasteiger partial charge in [0.15, 0.2) is 6.61 Å². The van der Waals surface area contributed by atoms with Gasteiger partial charge in [-0.3, -0.25) is 23.9 Å². The third kappa shape index (κ3) is 5.76. The molecule has 0 radical (unpaired) electrons. The van der Waals surface area contributed by atoms with Crippen LogP contribution in [-0.4, -0.2) is 34.6 Å². The van der Waals surface area contributed by atoms with Crippen LogP contribution in [0, 0.1) is 0 Å². The Kier molecular flexibility index (Phi) is 6.27. The molecule has 0 aliphatic heterocycles. The van der Waals surface area contributed by atoms with Crippen molar-refractivity contribution in [2.45, 2.75) is 19.4 Å². The van der Waals surface area contributed by atoms with Gasteiger partial charge in [-0.15, -0.1) is 0 Å². The van der Waals surface area contributed by atoms with Crippen LogP contribution in [0.2, 0.25) is 0 Å². The summed E-state index contributed by atoms with van der Waals surface area (Å²) >= 11 is 0. The van der Waals surface area contributed by atoms with Crippen LogP contribution in [-0.2, 0) is 20.9 Å². The summed E-state index contributed by atoms with van der Waals surface area (Å²) in [6.45, 7) is 1.58. The van der Waals surface area contributed by atoms with E-state index in [2.05, 4.69) is 5.32 Å². The van der Waals surface area contributed by atoms with Gasteiger partial charge < -0.3 is 10.1 Å². The van der Waals surface area contributed by atoms with Crippen LogP contribution in [0.1, 0.15) is 18.4 Å². The van der Waals surface area contributed by atoms with E-state index < -0.39 is 29.7 Å². The topological polar surface area (TPSA) is 110 Å². The number of esters is 1. The number of nitrogens with one attached hydrogen (secondary N) is 2. The zero-order valence-corrected chi connectivity index (χ0v) is 13.7. The molecular formula is C17H19N3O5. The lowest BCUT2D eigenvalue weighted by Gasteiger charge is -2.13. The minimum absolute atomic E-state index is 0.126. The number of carbonyl (C=O) groups excluding carboxylic acids is 2. The van der Waals surface area contributed by atoms with E-state index in [4.69, 9.17) is 4.74 Å². The number of rotatable bonds is 7. The molecule has 1 heterocycles. The highest BCUT2D eigenvalue weighted by atomic mass is 16.5. The zero-order valence-electron chi connectivity index (χ0n) is 13.7. The van der Waals surface area contributed by atoms with Gasteiger partial charge in [0.2, 0.25) is 0 Å². The summed E-state index contributed by atoms with van der Waals surface area (Å²) in [6.07, 6.45) is 1.18. The monoisotopic (exact) mass is 345 g/mol. The Morgan fingerprint density at radius 1 is 1.20 bits per heavy atom. The van der Waals surface area contributed by atoms with Crippen LogP contribution in [0.5, 0.6) is 0 Å². The van der Waals surface area contributed by atoms with Gasteiger partial charge in [0.25, 0.3) is 11.5 Å². The second-order valence-electron chi connectivity index (χ2n) is 5.51. The molecule has 0 saturated heterocycles. The zero-order chi connectivity index (χ0) is 18.2. The average molecular weight is 345 g/mol. The first-order chi connectivity index (χ1) is 12.0. The Morgan fingerprint density at radius 3 is 2.60 bits per heavy atom. The molecule has 1 amide bonds. The predicted molar refractivity (Wildman–Crippen MR) is 90.1 cm³/mol. The summed E-state index contributed by atoms with van der Waals surface area (Å²) in [5.41, 5.74) is -0.177. The molecule has 0 aliphatic rings. The second-order valence-corrected chi connectivity index (χ2v) is 5.51. The molecule has 0 fully saturated rings. The van der Waals surface area contributed by atoms with Crippen molar-refractivity contribution in [2.75, 3.05) is 13.2 Å². The van der Waals surface area contributed by atoms with Crippen molar-refractivity contribution >= 4 is 11.9 Å². The van der Waals surface area contributed by atoms with Crippen LogP contribution in [0.4, 0.5) is 0 Å². The van der Waals surface area contributed by atoms with E-state index in [1.165, 1.54) is 6.20 Å². The molecule has 0 aliphatic carbocycles. The van der Waals surface area contributed by atoms with Gasteiger partial charge in [-0.1, -0.05) is 37.3 Å².